The summed E-state index contributed by atoms with van der Waals surface area (Å²) < 4.78 is 10.8. The molecule has 0 bridgehead atoms. The van der Waals surface area contributed by atoms with Gasteiger partial charge >= 0.3 is 5.97 Å². The van der Waals surface area contributed by atoms with Crippen LogP contribution in [0.5, 0.6) is 11.5 Å². The molecule has 1 unspecified atom stereocenters. The van der Waals surface area contributed by atoms with Gasteiger partial charge < -0.3 is 20.3 Å². The van der Waals surface area contributed by atoms with Crippen molar-refractivity contribution in [1.82, 2.24) is 0 Å². The molecule has 1 aromatic rings. The zero-order chi connectivity index (χ0) is 12.6. The van der Waals surface area contributed by atoms with E-state index in [9.17, 15) is 4.79 Å². The third-order valence-electron chi connectivity index (χ3n) is 2.60. The number of rotatable bonds is 2. The van der Waals surface area contributed by atoms with Crippen molar-refractivity contribution in [1.29, 1.82) is 0 Å². The van der Waals surface area contributed by atoms with Crippen molar-refractivity contribution in [3.8, 4) is 11.5 Å². The highest BCUT2D eigenvalue weighted by Crippen LogP contribution is 2.42. The second-order valence-corrected chi connectivity index (χ2v) is 4.14. The highest BCUT2D eigenvalue weighted by Gasteiger charge is 2.26. The molecule has 5 nitrogen and oxygen atoms in total. The molecule has 0 fully saturated rings. The Balaban J connectivity index is 2.57. The lowest BCUT2D eigenvalue weighted by molar-refractivity contribution is -0.138. The second kappa shape index (κ2) is 4.43. The monoisotopic (exact) mass is 257 g/mol. The molecule has 1 atom stereocenters. The fraction of sp³-hybridized carbons (Fsp3) is 0.364. The molecule has 3 N–H and O–H groups in total. The van der Waals surface area contributed by atoms with Gasteiger partial charge in [-0.05, 0) is 18.6 Å². The molecule has 0 radical (unpaired) electrons. The first-order valence-corrected chi connectivity index (χ1v) is 5.47. The average molecular weight is 258 g/mol. The summed E-state index contributed by atoms with van der Waals surface area (Å²) in [6.07, 6.45) is 0. The first kappa shape index (κ1) is 12.0. The Morgan fingerprint density at radius 2 is 2.18 bits per heavy atom. The second-order valence-electron chi connectivity index (χ2n) is 3.76. The van der Waals surface area contributed by atoms with E-state index in [1.54, 1.807) is 13.0 Å². The van der Waals surface area contributed by atoms with Crippen molar-refractivity contribution in [2.45, 2.75) is 13.0 Å². The molecular formula is C11H12ClNO4. The SMILES string of the molecule is Cc1cc2c(c(Cl)c1C(N)C(=O)O)OCCO2. The molecule has 2 rings (SSSR count). The fourth-order valence-electron chi connectivity index (χ4n) is 1.79. The van der Waals surface area contributed by atoms with Crippen LogP contribution in [0.25, 0.3) is 0 Å². The largest absolute Gasteiger partial charge is 0.486 e. The molecule has 0 spiro atoms. The predicted molar refractivity (Wildman–Crippen MR) is 61.7 cm³/mol. The fourth-order valence-corrected chi connectivity index (χ4v) is 2.20. The smallest absolute Gasteiger partial charge is 0.325 e. The molecule has 0 aromatic heterocycles. The van der Waals surface area contributed by atoms with E-state index in [0.717, 1.165) is 0 Å². The molecule has 0 amide bonds. The first-order valence-electron chi connectivity index (χ1n) is 5.09. The predicted octanol–water partition coefficient (Wildman–Crippen LogP) is 1.50. The molecule has 1 heterocycles. The van der Waals surface area contributed by atoms with Crippen molar-refractivity contribution in [2.24, 2.45) is 5.73 Å². The van der Waals surface area contributed by atoms with Gasteiger partial charge in [-0.1, -0.05) is 11.6 Å². The molecule has 92 valence electrons. The highest BCUT2D eigenvalue weighted by molar-refractivity contribution is 6.33. The lowest BCUT2D eigenvalue weighted by atomic mass is 10.0. The van der Waals surface area contributed by atoms with Crippen molar-refractivity contribution in [3.05, 3.63) is 22.2 Å². The van der Waals surface area contributed by atoms with E-state index in [2.05, 4.69) is 0 Å². The number of aryl methyl sites for hydroxylation is 1. The molecule has 1 aliphatic rings. The number of hydrogen-bond acceptors (Lipinski definition) is 4. The summed E-state index contributed by atoms with van der Waals surface area (Å²) in [5.74, 6) is -0.234. The molecular weight excluding hydrogens is 246 g/mol. The Kier molecular flexibility index (Phi) is 3.13. The zero-order valence-electron chi connectivity index (χ0n) is 9.20. The standard InChI is InChI=1S/C11H12ClNO4/c1-5-4-6-10(17-3-2-16-6)8(12)7(5)9(13)11(14)15/h4,9H,2-3,13H2,1H3,(H,14,15). The van der Waals surface area contributed by atoms with Gasteiger partial charge in [0.05, 0.1) is 5.02 Å². The van der Waals surface area contributed by atoms with E-state index in [-0.39, 0.29) is 5.02 Å². The van der Waals surface area contributed by atoms with Gasteiger partial charge in [0, 0.05) is 5.56 Å². The third-order valence-corrected chi connectivity index (χ3v) is 2.97. The van der Waals surface area contributed by atoms with E-state index >= 15 is 0 Å². The number of ether oxygens (including phenoxy) is 2. The van der Waals surface area contributed by atoms with Crippen LogP contribution in [0.2, 0.25) is 5.02 Å². The van der Waals surface area contributed by atoms with E-state index < -0.39 is 12.0 Å². The Labute approximate surface area is 103 Å². The number of aliphatic carboxylic acids is 1. The van der Waals surface area contributed by atoms with Gasteiger partial charge in [0.25, 0.3) is 0 Å². The quantitative estimate of drug-likeness (QED) is 0.839. The van der Waals surface area contributed by atoms with Gasteiger partial charge in [-0.15, -0.1) is 0 Å². The van der Waals surface area contributed by atoms with Crippen LogP contribution in [0.1, 0.15) is 17.2 Å². The number of nitrogens with two attached hydrogens (primary N) is 1. The minimum atomic E-state index is -1.17. The molecule has 6 heteroatoms. The maximum Gasteiger partial charge on any atom is 0.325 e. The van der Waals surface area contributed by atoms with Crippen LogP contribution in [0, 0.1) is 6.92 Å². The van der Waals surface area contributed by atoms with Gasteiger partial charge in [-0.2, -0.15) is 0 Å². The van der Waals surface area contributed by atoms with E-state index in [1.165, 1.54) is 0 Å². The number of carboxylic acid groups (broad SMARTS) is 1. The Bertz CT molecular complexity index is 475. The lowest BCUT2D eigenvalue weighted by Crippen LogP contribution is -2.23. The van der Waals surface area contributed by atoms with Crippen LogP contribution in [0.15, 0.2) is 6.07 Å². The van der Waals surface area contributed by atoms with Crippen LogP contribution < -0.4 is 15.2 Å². The average Bonchev–Trinajstić information content (AvgIpc) is 2.28. The zero-order valence-corrected chi connectivity index (χ0v) is 9.95. The van der Waals surface area contributed by atoms with E-state index in [4.69, 9.17) is 31.9 Å². The summed E-state index contributed by atoms with van der Waals surface area (Å²) in [7, 11) is 0. The van der Waals surface area contributed by atoms with Gasteiger partial charge in [0.15, 0.2) is 11.5 Å². The number of hydrogen-bond donors (Lipinski definition) is 2. The summed E-state index contributed by atoms with van der Waals surface area (Å²) in [6, 6.07) is 0.525. The molecule has 1 aromatic carbocycles. The Morgan fingerprint density at radius 1 is 1.53 bits per heavy atom. The number of benzene rings is 1. The Morgan fingerprint density at radius 3 is 2.82 bits per heavy atom. The maximum atomic E-state index is 10.9. The van der Waals surface area contributed by atoms with Crippen molar-refractivity contribution >= 4 is 17.6 Å². The molecule has 0 aliphatic carbocycles. The summed E-state index contributed by atoms with van der Waals surface area (Å²) in [5, 5.41) is 9.15. The van der Waals surface area contributed by atoms with Gasteiger partial charge in [0.1, 0.15) is 19.3 Å². The van der Waals surface area contributed by atoms with Crippen molar-refractivity contribution in [3.63, 3.8) is 0 Å². The van der Waals surface area contributed by atoms with Crippen LogP contribution in [0.3, 0.4) is 0 Å². The minimum Gasteiger partial charge on any atom is -0.486 e. The van der Waals surface area contributed by atoms with Gasteiger partial charge in [0.2, 0.25) is 0 Å². The number of carboxylic acids is 1. The van der Waals surface area contributed by atoms with Crippen LogP contribution in [-0.4, -0.2) is 24.3 Å². The molecule has 17 heavy (non-hydrogen) atoms. The maximum absolute atomic E-state index is 10.9. The lowest BCUT2D eigenvalue weighted by Gasteiger charge is -2.23. The third kappa shape index (κ3) is 2.03. The van der Waals surface area contributed by atoms with Gasteiger partial charge in [-0.25, -0.2) is 0 Å². The van der Waals surface area contributed by atoms with Crippen LogP contribution in [-0.2, 0) is 4.79 Å². The Hall–Kier alpha value is -1.46. The summed E-state index contributed by atoms with van der Waals surface area (Å²) >= 11 is 6.12. The molecule has 0 saturated carbocycles. The minimum absolute atomic E-state index is 0.217. The highest BCUT2D eigenvalue weighted by atomic mass is 35.5. The van der Waals surface area contributed by atoms with Crippen molar-refractivity contribution in [2.75, 3.05) is 13.2 Å². The normalized spacial score (nSPS) is 15.5. The van der Waals surface area contributed by atoms with E-state index in [1.807, 2.05) is 0 Å². The van der Waals surface area contributed by atoms with Crippen LogP contribution in [0.4, 0.5) is 0 Å². The summed E-state index contributed by atoms with van der Waals surface area (Å²) in [5.41, 5.74) is 6.63. The van der Waals surface area contributed by atoms with Crippen molar-refractivity contribution < 1.29 is 19.4 Å². The topological polar surface area (TPSA) is 81.8 Å². The molecule has 0 saturated heterocycles. The van der Waals surface area contributed by atoms with Gasteiger partial charge in [-0.3, -0.25) is 4.79 Å². The van der Waals surface area contributed by atoms with Crippen LogP contribution >= 0.6 is 11.6 Å². The number of halogens is 1. The first-order chi connectivity index (χ1) is 8.02. The number of carbonyl (C=O) groups is 1. The summed E-state index contributed by atoms with van der Waals surface area (Å²) in [4.78, 5) is 10.9. The molecule has 1 aliphatic heterocycles. The summed E-state index contributed by atoms with van der Waals surface area (Å²) in [6.45, 7) is 2.58. The van der Waals surface area contributed by atoms with E-state index in [0.29, 0.717) is 35.8 Å². The number of fused-ring (bicyclic) bond motifs is 1.